The van der Waals surface area contributed by atoms with Crippen LogP contribution in [-0.4, -0.2) is 25.7 Å². The van der Waals surface area contributed by atoms with Gasteiger partial charge in [0.05, 0.1) is 5.92 Å². The molecule has 2 aliphatic rings. The van der Waals surface area contributed by atoms with E-state index in [-0.39, 0.29) is 17.8 Å². The van der Waals surface area contributed by atoms with E-state index in [4.69, 9.17) is 4.74 Å². The summed E-state index contributed by atoms with van der Waals surface area (Å²) in [5.41, 5.74) is 5.06. The Labute approximate surface area is 130 Å². The van der Waals surface area contributed by atoms with E-state index < -0.39 is 0 Å². The molecule has 0 aromatic heterocycles. The van der Waals surface area contributed by atoms with Crippen LogP contribution in [0, 0.1) is 5.92 Å². The molecule has 1 aliphatic carbocycles. The molecular weight excluding hydrogens is 274 g/mol. The van der Waals surface area contributed by atoms with Crippen molar-refractivity contribution in [3.05, 3.63) is 59.7 Å². The first-order valence-corrected chi connectivity index (χ1v) is 7.90. The molecule has 112 valence electrons. The zero-order valence-corrected chi connectivity index (χ0v) is 12.4. The van der Waals surface area contributed by atoms with E-state index in [9.17, 15) is 4.79 Å². The molecule has 1 atom stereocenters. The van der Waals surface area contributed by atoms with Gasteiger partial charge in [-0.1, -0.05) is 48.5 Å². The lowest BCUT2D eigenvalue weighted by atomic mass is 9.98. The van der Waals surface area contributed by atoms with E-state index in [0.717, 1.165) is 19.5 Å². The van der Waals surface area contributed by atoms with Gasteiger partial charge in [-0.15, -0.1) is 0 Å². The largest absolute Gasteiger partial charge is 0.464 e. The lowest BCUT2D eigenvalue weighted by Crippen LogP contribution is -2.22. The van der Waals surface area contributed by atoms with Crippen molar-refractivity contribution in [2.75, 3.05) is 19.7 Å². The molecule has 2 aromatic carbocycles. The molecule has 0 saturated carbocycles. The third-order valence-electron chi connectivity index (χ3n) is 4.75. The Balaban J connectivity index is 1.57. The van der Waals surface area contributed by atoms with Gasteiger partial charge in [0.1, 0.15) is 6.61 Å². The molecular formula is C19H19NO2. The number of benzene rings is 2. The average molecular weight is 293 g/mol. The minimum atomic E-state index is -0.0631. The monoisotopic (exact) mass is 293 g/mol. The van der Waals surface area contributed by atoms with Crippen molar-refractivity contribution in [3.63, 3.8) is 0 Å². The standard InChI is InChI=1S/C19H19NO2/c21-19(13-9-10-20-11-13)22-12-18-16-7-3-1-5-14(16)15-6-2-4-8-17(15)18/h1-8,13,18,20H,9-12H2. The van der Waals surface area contributed by atoms with Gasteiger partial charge in [-0.2, -0.15) is 0 Å². The first kappa shape index (κ1) is 13.5. The Kier molecular flexibility index (Phi) is 3.43. The third kappa shape index (κ3) is 2.22. The van der Waals surface area contributed by atoms with Gasteiger partial charge in [0.2, 0.25) is 0 Å². The highest BCUT2D eigenvalue weighted by Gasteiger charge is 2.30. The van der Waals surface area contributed by atoms with Gasteiger partial charge in [-0.05, 0) is 35.2 Å². The van der Waals surface area contributed by atoms with Crippen molar-refractivity contribution >= 4 is 5.97 Å². The summed E-state index contributed by atoms with van der Waals surface area (Å²) in [4.78, 5) is 12.2. The number of carbonyl (C=O) groups excluding carboxylic acids is 1. The van der Waals surface area contributed by atoms with Crippen LogP contribution < -0.4 is 5.32 Å². The van der Waals surface area contributed by atoms with E-state index in [1.165, 1.54) is 22.3 Å². The molecule has 1 saturated heterocycles. The number of esters is 1. The van der Waals surface area contributed by atoms with Gasteiger partial charge in [-0.25, -0.2) is 0 Å². The summed E-state index contributed by atoms with van der Waals surface area (Å²) in [6, 6.07) is 16.8. The van der Waals surface area contributed by atoms with E-state index in [2.05, 4.69) is 53.8 Å². The molecule has 2 aromatic rings. The van der Waals surface area contributed by atoms with Crippen LogP contribution in [-0.2, 0) is 9.53 Å². The van der Waals surface area contributed by atoms with Crippen LogP contribution in [0.15, 0.2) is 48.5 Å². The Morgan fingerprint density at radius 2 is 1.68 bits per heavy atom. The topological polar surface area (TPSA) is 38.3 Å². The summed E-state index contributed by atoms with van der Waals surface area (Å²) in [7, 11) is 0. The number of hydrogen-bond acceptors (Lipinski definition) is 3. The highest BCUT2D eigenvalue weighted by Crippen LogP contribution is 2.44. The fraction of sp³-hybridized carbons (Fsp3) is 0.316. The quantitative estimate of drug-likeness (QED) is 0.884. The smallest absolute Gasteiger partial charge is 0.310 e. The summed E-state index contributed by atoms with van der Waals surface area (Å²) < 4.78 is 5.64. The minimum Gasteiger partial charge on any atom is -0.464 e. The predicted molar refractivity (Wildman–Crippen MR) is 85.7 cm³/mol. The summed E-state index contributed by atoms with van der Waals surface area (Å²) in [5.74, 6) is 0.115. The number of hydrogen-bond donors (Lipinski definition) is 1. The molecule has 1 aliphatic heterocycles. The molecule has 22 heavy (non-hydrogen) atoms. The molecule has 1 fully saturated rings. The minimum absolute atomic E-state index is 0.0203. The lowest BCUT2D eigenvalue weighted by molar-refractivity contribution is -0.148. The summed E-state index contributed by atoms with van der Waals surface area (Å²) in [5, 5.41) is 3.21. The fourth-order valence-corrected chi connectivity index (χ4v) is 3.58. The Morgan fingerprint density at radius 3 is 2.27 bits per heavy atom. The predicted octanol–water partition coefficient (Wildman–Crippen LogP) is 2.95. The van der Waals surface area contributed by atoms with Crippen LogP contribution in [0.2, 0.25) is 0 Å². The van der Waals surface area contributed by atoms with E-state index in [1.807, 2.05) is 0 Å². The van der Waals surface area contributed by atoms with Crippen molar-refractivity contribution < 1.29 is 9.53 Å². The van der Waals surface area contributed by atoms with Crippen molar-refractivity contribution in [1.82, 2.24) is 5.32 Å². The number of carbonyl (C=O) groups is 1. The summed E-state index contributed by atoms with van der Waals surface area (Å²) in [6.45, 7) is 2.09. The van der Waals surface area contributed by atoms with Crippen molar-refractivity contribution in [1.29, 1.82) is 0 Å². The SMILES string of the molecule is O=C(OCC1c2ccccc2-c2ccccc21)C1CCNC1. The molecule has 3 heteroatoms. The van der Waals surface area contributed by atoms with Gasteiger partial charge < -0.3 is 10.1 Å². The van der Waals surface area contributed by atoms with Crippen LogP contribution in [0.3, 0.4) is 0 Å². The first-order chi connectivity index (χ1) is 10.8. The van der Waals surface area contributed by atoms with Gasteiger partial charge in [0.15, 0.2) is 0 Å². The van der Waals surface area contributed by atoms with E-state index in [0.29, 0.717) is 6.61 Å². The highest BCUT2D eigenvalue weighted by molar-refractivity contribution is 5.79. The van der Waals surface area contributed by atoms with Crippen LogP contribution in [0.25, 0.3) is 11.1 Å². The van der Waals surface area contributed by atoms with Crippen LogP contribution in [0.4, 0.5) is 0 Å². The number of ether oxygens (including phenoxy) is 1. The van der Waals surface area contributed by atoms with Crippen molar-refractivity contribution in [3.8, 4) is 11.1 Å². The molecule has 1 N–H and O–H groups in total. The van der Waals surface area contributed by atoms with E-state index in [1.54, 1.807) is 0 Å². The van der Waals surface area contributed by atoms with Crippen LogP contribution in [0.5, 0.6) is 0 Å². The molecule has 1 unspecified atom stereocenters. The number of fused-ring (bicyclic) bond motifs is 3. The first-order valence-electron chi connectivity index (χ1n) is 7.90. The molecule has 0 bridgehead atoms. The molecule has 3 nitrogen and oxygen atoms in total. The molecule has 0 radical (unpaired) electrons. The second kappa shape index (κ2) is 5.58. The van der Waals surface area contributed by atoms with Crippen LogP contribution in [0.1, 0.15) is 23.5 Å². The number of rotatable bonds is 3. The maximum atomic E-state index is 12.2. The summed E-state index contributed by atoms with van der Waals surface area (Å²) >= 11 is 0. The lowest BCUT2D eigenvalue weighted by Gasteiger charge is -2.16. The molecule has 4 rings (SSSR count). The molecule has 1 heterocycles. The second-order valence-electron chi connectivity index (χ2n) is 6.05. The Bertz CT molecular complexity index is 659. The fourth-order valence-electron chi connectivity index (χ4n) is 3.58. The van der Waals surface area contributed by atoms with Crippen molar-refractivity contribution in [2.24, 2.45) is 5.92 Å². The average Bonchev–Trinajstić information content (AvgIpc) is 3.20. The zero-order valence-electron chi connectivity index (χ0n) is 12.4. The summed E-state index contributed by atoms with van der Waals surface area (Å²) in [6.07, 6.45) is 0.886. The van der Waals surface area contributed by atoms with E-state index >= 15 is 0 Å². The normalized spacial score (nSPS) is 19.7. The Morgan fingerprint density at radius 1 is 1.05 bits per heavy atom. The number of nitrogens with one attached hydrogen (secondary N) is 1. The zero-order chi connectivity index (χ0) is 14.9. The highest BCUT2D eigenvalue weighted by atomic mass is 16.5. The van der Waals surface area contributed by atoms with Crippen LogP contribution >= 0.6 is 0 Å². The third-order valence-corrected chi connectivity index (χ3v) is 4.75. The maximum absolute atomic E-state index is 12.2. The van der Waals surface area contributed by atoms with Gasteiger partial charge in [0.25, 0.3) is 0 Å². The van der Waals surface area contributed by atoms with Gasteiger partial charge in [0, 0.05) is 12.5 Å². The van der Waals surface area contributed by atoms with Crippen molar-refractivity contribution in [2.45, 2.75) is 12.3 Å². The molecule has 0 spiro atoms. The van der Waals surface area contributed by atoms with Gasteiger partial charge >= 0.3 is 5.97 Å². The van der Waals surface area contributed by atoms with Gasteiger partial charge in [-0.3, -0.25) is 4.79 Å². The maximum Gasteiger partial charge on any atom is 0.310 e. The second-order valence-corrected chi connectivity index (χ2v) is 6.05. The molecule has 0 amide bonds. The Hall–Kier alpha value is -2.13.